The molecule has 0 spiro atoms. The monoisotopic (exact) mass is 246 g/mol. The number of carboxylic acid groups (broad SMARTS) is 1. The van der Waals surface area contributed by atoms with Crippen LogP contribution in [0.15, 0.2) is 30.5 Å². The molecule has 2 rings (SSSR count). The molecule has 1 aromatic heterocycles. The van der Waals surface area contributed by atoms with E-state index in [4.69, 9.17) is 5.11 Å². The van der Waals surface area contributed by atoms with E-state index in [1.54, 1.807) is 0 Å². The number of nitrogens with zero attached hydrogens (tertiary/aromatic N) is 1. The van der Waals surface area contributed by atoms with Crippen molar-refractivity contribution >= 4 is 22.6 Å². The third-order valence-electron chi connectivity index (χ3n) is 3.31. The molecule has 0 aliphatic carbocycles. The predicted molar refractivity (Wildman–Crippen MR) is 73.0 cm³/mol. The van der Waals surface area contributed by atoms with E-state index in [1.165, 1.54) is 0 Å². The van der Waals surface area contributed by atoms with E-state index in [9.17, 15) is 4.79 Å². The van der Waals surface area contributed by atoms with E-state index < -0.39 is 5.97 Å². The molecule has 96 valence electrons. The quantitative estimate of drug-likeness (QED) is 0.852. The number of H-pyrrole nitrogens is 1. The van der Waals surface area contributed by atoms with Gasteiger partial charge in [0, 0.05) is 30.7 Å². The van der Waals surface area contributed by atoms with E-state index >= 15 is 0 Å². The van der Waals surface area contributed by atoms with Crippen LogP contribution < -0.4 is 4.90 Å². The highest BCUT2D eigenvalue weighted by Gasteiger charge is 2.18. The molecule has 0 aliphatic heterocycles. The van der Waals surface area contributed by atoms with Crippen LogP contribution in [0.25, 0.3) is 10.9 Å². The Morgan fingerprint density at radius 1 is 1.44 bits per heavy atom. The molecule has 0 amide bonds. The van der Waals surface area contributed by atoms with Crippen LogP contribution in [0, 0.1) is 5.92 Å². The second-order valence-electron chi connectivity index (χ2n) is 4.54. The number of carboxylic acids is 1. The molecular formula is C14H18N2O2. The summed E-state index contributed by atoms with van der Waals surface area (Å²) in [6.07, 6.45) is 2.57. The number of hydrogen-bond donors (Lipinski definition) is 2. The average Bonchev–Trinajstić information content (AvgIpc) is 2.79. The summed E-state index contributed by atoms with van der Waals surface area (Å²) >= 11 is 0. The maximum absolute atomic E-state index is 11.1. The van der Waals surface area contributed by atoms with Crippen LogP contribution in [0.5, 0.6) is 0 Å². The van der Waals surface area contributed by atoms with Gasteiger partial charge in [0.15, 0.2) is 0 Å². The molecular weight excluding hydrogens is 228 g/mol. The standard InChI is InChI=1S/C14H18N2O2/c1-3-10(14(17)18)9-16(2)13-8-15-12-7-5-4-6-11(12)13/h4-8,10,15H,3,9H2,1-2H3,(H,17,18). The van der Waals surface area contributed by atoms with Crippen LogP contribution in [0.2, 0.25) is 0 Å². The molecule has 4 heteroatoms. The number of aromatic amines is 1. The summed E-state index contributed by atoms with van der Waals surface area (Å²) in [5, 5.41) is 10.2. The van der Waals surface area contributed by atoms with Crippen molar-refractivity contribution in [2.45, 2.75) is 13.3 Å². The largest absolute Gasteiger partial charge is 0.481 e. The number of nitrogens with one attached hydrogen (secondary N) is 1. The third-order valence-corrected chi connectivity index (χ3v) is 3.31. The van der Waals surface area contributed by atoms with Crippen molar-refractivity contribution in [3.8, 4) is 0 Å². The van der Waals surface area contributed by atoms with Gasteiger partial charge in [-0.1, -0.05) is 25.1 Å². The van der Waals surface area contributed by atoms with E-state index in [-0.39, 0.29) is 5.92 Å². The Kier molecular flexibility index (Phi) is 3.55. The molecule has 0 fully saturated rings. The molecule has 18 heavy (non-hydrogen) atoms. The van der Waals surface area contributed by atoms with Gasteiger partial charge < -0.3 is 15.0 Å². The zero-order valence-electron chi connectivity index (χ0n) is 10.7. The summed E-state index contributed by atoms with van der Waals surface area (Å²) in [5.74, 6) is -1.06. The number of carbonyl (C=O) groups is 1. The Hall–Kier alpha value is -1.97. The molecule has 2 aromatic rings. The Balaban J connectivity index is 2.23. The number of fused-ring (bicyclic) bond motifs is 1. The Bertz CT molecular complexity index is 547. The predicted octanol–water partition coefficient (Wildman–Crippen LogP) is 2.71. The number of para-hydroxylation sites is 1. The maximum atomic E-state index is 11.1. The van der Waals surface area contributed by atoms with Crippen molar-refractivity contribution in [2.24, 2.45) is 5.92 Å². The fraction of sp³-hybridized carbons (Fsp3) is 0.357. The zero-order chi connectivity index (χ0) is 13.1. The number of aromatic nitrogens is 1. The molecule has 0 radical (unpaired) electrons. The normalized spacial score (nSPS) is 12.6. The van der Waals surface area contributed by atoms with E-state index in [1.807, 2.05) is 49.3 Å². The van der Waals surface area contributed by atoms with Crippen LogP contribution in [-0.2, 0) is 4.79 Å². The van der Waals surface area contributed by atoms with Gasteiger partial charge in [0.1, 0.15) is 0 Å². The van der Waals surface area contributed by atoms with Crippen LogP contribution in [0.3, 0.4) is 0 Å². The van der Waals surface area contributed by atoms with Gasteiger partial charge in [-0.05, 0) is 12.5 Å². The first-order chi connectivity index (χ1) is 8.63. The van der Waals surface area contributed by atoms with E-state index in [0.29, 0.717) is 13.0 Å². The molecule has 0 bridgehead atoms. The molecule has 0 aliphatic rings. The minimum absolute atomic E-state index is 0.330. The van der Waals surface area contributed by atoms with Crippen molar-refractivity contribution < 1.29 is 9.90 Å². The molecule has 2 N–H and O–H groups in total. The highest BCUT2D eigenvalue weighted by molar-refractivity contribution is 5.92. The molecule has 1 heterocycles. The summed E-state index contributed by atoms with van der Waals surface area (Å²) in [4.78, 5) is 16.3. The van der Waals surface area contributed by atoms with Gasteiger partial charge in [-0.3, -0.25) is 4.79 Å². The summed E-state index contributed by atoms with van der Waals surface area (Å²) in [5.41, 5.74) is 2.12. The molecule has 1 atom stereocenters. The van der Waals surface area contributed by atoms with Crippen molar-refractivity contribution in [3.63, 3.8) is 0 Å². The average molecular weight is 246 g/mol. The Morgan fingerprint density at radius 2 is 2.17 bits per heavy atom. The Morgan fingerprint density at radius 3 is 2.83 bits per heavy atom. The number of rotatable bonds is 5. The summed E-state index contributed by atoms with van der Waals surface area (Å²) < 4.78 is 0. The van der Waals surface area contributed by atoms with Crippen molar-refractivity contribution in [1.29, 1.82) is 0 Å². The van der Waals surface area contributed by atoms with Crippen LogP contribution in [0.4, 0.5) is 5.69 Å². The second-order valence-corrected chi connectivity index (χ2v) is 4.54. The molecule has 4 nitrogen and oxygen atoms in total. The lowest BCUT2D eigenvalue weighted by Gasteiger charge is -2.22. The van der Waals surface area contributed by atoms with Gasteiger partial charge in [0.2, 0.25) is 0 Å². The topological polar surface area (TPSA) is 56.3 Å². The van der Waals surface area contributed by atoms with Crippen LogP contribution in [0.1, 0.15) is 13.3 Å². The molecule has 1 unspecified atom stereocenters. The van der Waals surface area contributed by atoms with E-state index in [2.05, 4.69) is 4.98 Å². The highest BCUT2D eigenvalue weighted by atomic mass is 16.4. The smallest absolute Gasteiger partial charge is 0.308 e. The van der Waals surface area contributed by atoms with Gasteiger partial charge in [-0.15, -0.1) is 0 Å². The van der Waals surface area contributed by atoms with Gasteiger partial charge >= 0.3 is 5.97 Å². The molecule has 1 aromatic carbocycles. The van der Waals surface area contributed by atoms with Crippen LogP contribution in [-0.4, -0.2) is 29.7 Å². The van der Waals surface area contributed by atoms with Gasteiger partial charge in [0.25, 0.3) is 0 Å². The summed E-state index contributed by atoms with van der Waals surface area (Å²) in [6, 6.07) is 8.03. The summed E-state index contributed by atoms with van der Waals surface area (Å²) in [7, 11) is 1.93. The fourth-order valence-electron chi connectivity index (χ4n) is 2.18. The molecule has 0 saturated carbocycles. The molecule has 0 saturated heterocycles. The van der Waals surface area contributed by atoms with Crippen molar-refractivity contribution in [3.05, 3.63) is 30.5 Å². The number of hydrogen-bond acceptors (Lipinski definition) is 2. The van der Waals surface area contributed by atoms with Gasteiger partial charge in [-0.25, -0.2) is 0 Å². The first kappa shape index (κ1) is 12.5. The van der Waals surface area contributed by atoms with Crippen molar-refractivity contribution in [1.82, 2.24) is 4.98 Å². The van der Waals surface area contributed by atoms with Crippen LogP contribution >= 0.6 is 0 Å². The second kappa shape index (κ2) is 5.12. The highest BCUT2D eigenvalue weighted by Crippen LogP contribution is 2.26. The lowest BCUT2D eigenvalue weighted by Crippen LogP contribution is -2.29. The number of benzene rings is 1. The zero-order valence-corrected chi connectivity index (χ0v) is 10.7. The number of aliphatic carboxylic acids is 1. The summed E-state index contributed by atoms with van der Waals surface area (Å²) in [6.45, 7) is 2.43. The number of anilines is 1. The van der Waals surface area contributed by atoms with E-state index in [0.717, 1.165) is 16.6 Å². The minimum Gasteiger partial charge on any atom is -0.481 e. The minimum atomic E-state index is -0.732. The lowest BCUT2D eigenvalue weighted by atomic mass is 10.1. The van der Waals surface area contributed by atoms with Crippen molar-refractivity contribution in [2.75, 3.05) is 18.5 Å². The fourth-order valence-corrected chi connectivity index (χ4v) is 2.18. The Labute approximate surface area is 106 Å². The first-order valence-corrected chi connectivity index (χ1v) is 6.13. The lowest BCUT2D eigenvalue weighted by molar-refractivity contribution is -0.141. The van der Waals surface area contributed by atoms with Gasteiger partial charge in [-0.2, -0.15) is 0 Å². The maximum Gasteiger partial charge on any atom is 0.308 e. The third kappa shape index (κ3) is 2.32. The SMILES string of the molecule is CCC(CN(C)c1c[nH]c2ccccc12)C(=O)O. The first-order valence-electron chi connectivity index (χ1n) is 6.13. The van der Waals surface area contributed by atoms with Gasteiger partial charge in [0.05, 0.1) is 11.6 Å².